The molecule has 0 unspecified atom stereocenters. The maximum atomic E-state index is 13.1. The topological polar surface area (TPSA) is 105 Å². The van der Waals surface area contributed by atoms with Gasteiger partial charge in [0.15, 0.2) is 17.1 Å². The lowest BCUT2D eigenvalue weighted by Gasteiger charge is -2.27. The Morgan fingerprint density at radius 1 is 1.05 bits per heavy atom. The third kappa shape index (κ3) is 5.97. The van der Waals surface area contributed by atoms with E-state index in [2.05, 4.69) is 38.9 Å². The van der Waals surface area contributed by atoms with Gasteiger partial charge in [-0.2, -0.15) is 4.98 Å². The largest absolute Gasteiger partial charge is 0.440 e. The van der Waals surface area contributed by atoms with E-state index in [0.717, 1.165) is 79.7 Å². The predicted octanol–water partition coefficient (Wildman–Crippen LogP) is 7.09. The number of nitrogens with one attached hydrogen (secondary N) is 2. The van der Waals surface area contributed by atoms with Gasteiger partial charge in [0.2, 0.25) is 5.95 Å². The number of hydrogen-bond donors (Lipinski definition) is 2. The molecule has 44 heavy (non-hydrogen) atoms. The SMILES string of the molecule is CC(=O)c1cc2cnc(Nc3cccc(-c4cccc5c(=O)cc(N6CCNCC6)oc45)c3)nc2n1C1CCCC1.CCC. The molecule has 3 aromatic heterocycles. The number of carbonyl (C=O) groups excluding carboxylic acids is 1. The fourth-order valence-electron chi connectivity index (χ4n) is 6.20. The zero-order valence-corrected chi connectivity index (χ0v) is 25.7. The lowest BCUT2D eigenvalue weighted by molar-refractivity contribution is 0.100. The van der Waals surface area contributed by atoms with Crippen LogP contribution in [-0.2, 0) is 0 Å². The van der Waals surface area contributed by atoms with Crippen LogP contribution in [0.5, 0.6) is 0 Å². The summed E-state index contributed by atoms with van der Waals surface area (Å²) in [5.41, 5.74) is 4.57. The molecule has 1 saturated carbocycles. The molecule has 2 aliphatic rings. The molecule has 5 aromatic rings. The molecule has 9 nitrogen and oxygen atoms in total. The summed E-state index contributed by atoms with van der Waals surface area (Å²) in [6.45, 7) is 9.15. The minimum Gasteiger partial charge on any atom is -0.440 e. The lowest BCUT2D eigenvalue weighted by Crippen LogP contribution is -2.43. The van der Waals surface area contributed by atoms with Crippen LogP contribution in [0.3, 0.4) is 0 Å². The number of fused-ring (bicyclic) bond motifs is 2. The van der Waals surface area contributed by atoms with E-state index in [0.29, 0.717) is 28.5 Å². The van der Waals surface area contributed by atoms with E-state index in [9.17, 15) is 9.59 Å². The number of aromatic nitrogens is 3. The van der Waals surface area contributed by atoms with E-state index < -0.39 is 0 Å². The van der Waals surface area contributed by atoms with Gasteiger partial charge >= 0.3 is 0 Å². The highest BCUT2D eigenvalue weighted by atomic mass is 16.4. The number of hydrogen-bond acceptors (Lipinski definition) is 8. The molecule has 4 heterocycles. The van der Waals surface area contributed by atoms with Crippen LogP contribution in [0.2, 0.25) is 0 Å². The minimum atomic E-state index is -0.0483. The Labute approximate surface area is 257 Å². The first-order valence-electron chi connectivity index (χ1n) is 15.8. The van der Waals surface area contributed by atoms with Crippen molar-refractivity contribution in [2.45, 2.75) is 58.9 Å². The van der Waals surface area contributed by atoms with Gasteiger partial charge < -0.3 is 24.5 Å². The van der Waals surface area contributed by atoms with E-state index in [1.165, 1.54) is 6.42 Å². The summed E-state index contributed by atoms with van der Waals surface area (Å²) < 4.78 is 8.49. The predicted molar refractivity (Wildman–Crippen MR) is 177 cm³/mol. The Balaban J connectivity index is 0.00000110. The van der Waals surface area contributed by atoms with Gasteiger partial charge in [0, 0.05) is 68.0 Å². The number of anilines is 3. The van der Waals surface area contributed by atoms with Gasteiger partial charge in [-0.3, -0.25) is 9.59 Å². The number of nitrogens with zero attached hydrogens (tertiary/aromatic N) is 4. The molecular weight excluding hydrogens is 552 g/mol. The molecule has 0 amide bonds. The van der Waals surface area contributed by atoms with Crippen molar-refractivity contribution in [3.05, 3.63) is 76.7 Å². The van der Waals surface area contributed by atoms with Crippen molar-refractivity contribution < 1.29 is 9.21 Å². The Hall–Kier alpha value is -4.50. The van der Waals surface area contributed by atoms with Crippen LogP contribution >= 0.6 is 0 Å². The Morgan fingerprint density at radius 2 is 1.80 bits per heavy atom. The standard InChI is InChI=1S/C32H32N6O3.C3H8/c1-20(39)27-17-22-19-34-32(36-31(22)38(27)24-8-2-3-9-24)35-23-7-4-6-21(16-23)25-10-5-11-26-28(40)18-29(41-30(25)26)37-14-12-33-13-15-37;1-3-2/h4-7,10-11,16-19,24,33H,2-3,8-9,12-15H2,1H3,(H,34,35,36);3H2,1-2H3. The summed E-state index contributed by atoms with van der Waals surface area (Å²) in [4.78, 5) is 37.0. The molecule has 2 aromatic carbocycles. The summed E-state index contributed by atoms with van der Waals surface area (Å²) in [5, 5.41) is 8.12. The molecule has 0 radical (unpaired) electrons. The third-order valence-corrected chi connectivity index (χ3v) is 8.23. The fraction of sp³-hybridized carbons (Fsp3) is 0.371. The molecule has 1 aliphatic carbocycles. The first-order chi connectivity index (χ1) is 21.5. The van der Waals surface area contributed by atoms with E-state index in [4.69, 9.17) is 9.40 Å². The van der Waals surface area contributed by atoms with Crippen LogP contribution in [-0.4, -0.2) is 46.5 Å². The van der Waals surface area contributed by atoms with Crippen molar-refractivity contribution >= 4 is 45.3 Å². The molecule has 0 bridgehead atoms. The van der Waals surface area contributed by atoms with Crippen molar-refractivity contribution in [2.24, 2.45) is 0 Å². The number of carbonyl (C=O) groups is 1. The van der Waals surface area contributed by atoms with Crippen LogP contribution in [0.25, 0.3) is 33.1 Å². The van der Waals surface area contributed by atoms with Crippen LogP contribution < -0.4 is 21.0 Å². The normalized spacial score (nSPS) is 15.4. The number of piperazine rings is 1. The highest BCUT2D eigenvalue weighted by Crippen LogP contribution is 2.35. The molecule has 0 spiro atoms. The molecule has 2 N–H and O–H groups in total. The molecule has 7 rings (SSSR count). The van der Waals surface area contributed by atoms with E-state index in [-0.39, 0.29) is 17.3 Å². The summed E-state index contributed by atoms with van der Waals surface area (Å²) >= 11 is 0. The number of Topliss-reactive ketones (excluding diaryl/α,β-unsaturated/α-hetero) is 1. The van der Waals surface area contributed by atoms with E-state index in [1.807, 2.05) is 48.5 Å². The first kappa shape index (κ1) is 29.6. The van der Waals surface area contributed by atoms with E-state index >= 15 is 0 Å². The zero-order valence-electron chi connectivity index (χ0n) is 25.7. The smallest absolute Gasteiger partial charge is 0.229 e. The molecule has 228 valence electrons. The second kappa shape index (κ2) is 13.0. The van der Waals surface area contributed by atoms with Gasteiger partial charge in [0.05, 0.1) is 11.1 Å². The minimum absolute atomic E-state index is 0.0407. The Bertz CT molecular complexity index is 1850. The van der Waals surface area contributed by atoms with Gasteiger partial charge in [0.25, 0.3) is 0 Å². The molecular formula is C35H40N6O3. The zero-order chi connectivity index (χ0) is 30.6. The molecule has 1 saturated heterocycles. The van der Waals surface area contributed by atoms with Gasteiger partial charge in [0.1, 0.15) is 11.2 Å². The molecule has 9 heteroatoms. The molecule has 2 fully saturated rings. The molecule has 0 atom stereocenters. The molecule has 1 aliphatic heterocycles. The number of para-hydroxylation sites is 1. The Kier molecular flexibility index (Phi) is 8.74. The summed E-state index contributed by atoms with van der Waals surface area (Å²) in [7, 11) is 0. The summed E-state index contributed by atoms with van der Waals surface area (Å²) in [6.07, 6.45) is 7.46. The Morgan fingerprint density at radius 3 is 2.55 bits per heavy atom. The van der Waals surface area contributed by atoms with Gasteiger partial charge in [-0.15, -0.1) is 0 Å². The average molecular weight is 593 g/mol. The maximum absolute atomic E-state index is 13.1. The summed E-state index contributed by atoms with van der Waals surface area (Å²) in [5.74, 6) is 1.11. The fourth-order valence-corrected chi connectivity index (χ4v) is 6.20. The van der Waals surface area contributed by atoms with Gasteiger partial charge in [-0.1, -0.05) is 57.4 Å². The average Bonchev–Trinajstić information content (AvgIpc) is 3.70. The monoisotopic (exact) mass is 592 g/mol. The van der Waals surface area contributed by atoms with Crippen LogP contribution in [0.4, 0.5) is 17.5 Å². The number of benzene rings is 2. The van der Waals surface area contributed by atoms with Crippen LogP contribution in [0.15, 0.2) is 70.0 Å². The van der Waals surface area contributed by atoms with Crippen LogP contribution in [0, 0.1) is 0 Å². The number of rotatable bonds is 6. The first-order valence-corrected chi connectivity index (χ1v) is 15.8. The van der Waals surface area contributed by atoms with Crippen molar-refractivity contribution in [2.75, 3.05) is 36.4 Å². The highest BCUT2D eigenvalue weighted by molar-refractivity contribution is 5.98. The van der Waals surface area contributed by atoms with Crippen molar-refractivity contribution in [1.29, 1.82) is 0 Å². The van der Waals surface area contributed by atoms with Crippen molar-refractivity contribution in [3.8, 4) is 11.1 Å². The van der Waals surface area contributed by atoms with Gasteiger partial charge in [-0.25, -0.2) is 4.98 Å². The van der Waals surface area contributed by atoms with Gasteiger partial charge in [-0.05, 0) is 42.7 Å². The van der Waals surface area contributed by atoms with E-state index in [1.54, 1.807) is 19.2 Å². The third-order valence-electron chi connectivity index (χ3n) is 8.23. The van der Waals surface area contributed by atoms with Crippen LogP contribution in [0.1, 0.15) is 69.4 Å². The lowest BCUT2D eigenvalue weighted by atomic mass is 10.0. The second-order valence-corrected chi connectivity index (χ2v) is 11.6. The number of ketones is 1. The van der Waals surface area contributed by atoms with Crippen molar-refractivity contribution in [1.82, 2.24) is 19.9 Å². The summed E-state index contributed by atoms with van der Waals surface area (Å²) in [6, 6.07) is 17.4. The quantitative estimate of drug-likeness (QED) is 0.201. The van der Waals surface area contributed by atoms with Crippen molar-refractivity contribution in [3.63, 3.8) is 0 Å². The maximum Gasteiger partial charge on any atom is 0.229 e. The second-order valence-electron chi connectivity index (χ2n) is 11.6. The highest BCUT2D eigenvalue weighted by Gasteiger charge is 2.24.